The number of rotatable bonds is 2. The van der Waals surface area contributed by atoms with Gasteiger partial charge in [0.1, 0.15) is 11.9 Å². The Morgan fingerprint density at radius 2 is 2.06 bits per heavy atom. The van der Waals surface area contributed by atoms with Gasteiger partial charge in [-0.3, -0.25) is 4.98 Å². The molecule has 1 heterocycles. The van der Waals surface area contributed by atoms with Gasteiger partial charge in [0.05, 0.1) is 0 Å². The Morgan fingerprint density at radius 1 is 1.25 bits per heavy atom. The molecule has 1 atom stereocenters. The van der Waals surface area contributed by atoms with E-state index in [1.165, 1.54) is 12.1 Å². The molecular weight excluding hydrogens is 205 g/mol. The summed E-state index contributed by atoms with van der Waals surface area (Å²) in [5.41, 5.74) is 1.99. The summed E-state index contributed by atoms with van der Waals surface area (Å²) in [7, 11) is 0. The molecule has 16 heavy (non-hydrogen) atoms. The first-order valence-electron chi connectivity index (χ1n) is 5.03. The normalized spacial score (nSPS) is 12.4. The van der Waals surface area contributed by atoms with Crippen LogP contribution in [0.15, 0.2) is 42.6 Å². The fourth-order valence-electron chi connectivity index (χ4n) is 1.64. The van der Waals surface area contributed by atoms with Crippen molar-refractivity contribution in [2.24, 2.45) is 0 Å². The van der Waals surface area contributed by atoms with Crippen LogP contribution in [0.4, 0.5) is 4.39 Å². The van der Waals surface area contributed by atoms with E-state index >= 15 is 0 Å². The van der Waals surface area contributed by atoms with E-state index in [2.05, 4.69) is 4.98 Å². The predicted molar refractivity (Wildman–Crippen MR) is 59.4 cm³/mol. The Hall–Kier alpha value is -1.74. The lowest BCUT2D eigenvalue weighted by molar-refractivity contribution is 0.218. The summed E-state index contributed by atoms with van der Waals surface area (Å²) in [6.45, 7) is 1.82. The predicted octanol–water partition coefficient (Wildman–Crippen LogP) is 2.61. The average Bonchev–Trinajstić information content (AvgIpc) is 2.29. The third kappa shape index (κ3) is 2.09. The molecule has 2 rings (SSSR count). The maximum atomic E-state index is 13.0. The van der Waals surface area contributed by atoms with Gasteiger partial charge in [-0.15, -0.1) is 0 Å². The van der Waals surface area contributed by atoms with Crippen molar-refractivity contribution in [3.8, 4) is 0 Å². The summed E-state index contributed by atoms with van der Waals surface area (Å²) in [4.78, 5) is 4.09. The number of aliphatic hydroxyl groups excluding tert-OH is 1. The Bertz CT molecular complexity index is 499. The number of halogens is 1. The van der Waals surface area contributed by atoms with Crippen molar-refractivity contribution in [1.29, 1.82) is 0 Å². The smallest absolute Gasteiger partial charge is 0.123 e. The Morgan fingerprint density at radius 3 is 2.75 bits per heavy atom. The Kier molecular flexibility index (Phi) is 2.97. The molecule has 0 saturated heterocycles. The van der Waals surface area contributed by atoms with Crippen LogP contribution >= 0.6 is 0 Å². The fourth-order valence-corrected chi connectivity index (χ4v) is 1.64. The third-order valence-corrected chi connectivity index (χ3v) is 2.51. The van der Waals surface area contributed by atoms with Crippen LogP contribution in [0.1, 0.15) is 22.9 Å². The number of aliphatic hydroxyl groups is 1. The zero-order chi connectivity index (χ0) is 11.5. The van der Waals surface area contributed by atoms with Gasteiger partial charge in [-0.1, -0.05) is 18.2 Å². The number of hydrogen-bond donors (Lipinski definition) is 1. The maximum absolute atomic E-state index is 13.0. The number of benzene rings is 1. The molecule has 0 aliphatic rings. The largest absolute Gasteiger partial charge is 0.384 e. The van der Waals surface area contributed by atoms with Gasteiger partial charge in [-0.05, 0) is 30.7 Å². The molecular formula is C13H12FNO. The second-order valence-electron chi connectivity index (χ2n) is 3.64. The quantitative estimate of drug-likeness (QED) is 0.838. The molecule has 0 saturated carbocycles. The zero-order valence-corrected chi connectivity index (χ0v) is 8.89. The van der Waals surface area contributed by atoms with Crippen molar-refractivity contribution in [2.75, 3.05) is 0 Å². The van der Waals surface area contributed by atoms with Crippen molar-refractivity contribution in [3.63, 3.8) is 0 Å². The van der Waals surface area contributed by atoms with Crippen LogP contribution in [0.3, 0.4) is 0 Å². The van der Waals surface area contributed by atoms with Crippen molar-refractivity contribution >= 4 is 0 Å². The molecule has 82 valence electrons. The molecule has 0 amide bonds. The summed E-state index contributed by atoms with van der Waals surface area (Å²) >= 11 is 0. The number of aromatic nitrogens is 1. The monoisotopic (exact) mass is 217 g/mol. The van der Waals surface area contributed by atoms with Crippen molar-refractivity contribution < 1.29 is 9.50 Å². The number of hydrogen-bond acceptors (Lipinski definition) is 2. The molecule has 0 aliphatic heterocycles. The van der Waals surface area contributed by atoms with Gasteiger partial charge in [0.15, 0.2) is 0 Å². The van der Waals surface area contributed by atoms with Gasteiger partial charge in [0.25, 0.3) is 0 Å². The first kappa shape index (κ1) is 10.8. The lowest BCUT2D eigenvalue weighted by Gasteiger charge is -2.13. The van der Waals surface area contributed by atoms with E-state index in [1.54, 1.807) is 30.5 Å². The average molecular weight is 217 g/mol. The molecule has 0 bridgehead atoms. The van der Waals surface area contributed by atoms with Crippen molar-refractivity contribution in [1.82, 2.24) is 4.98 Å². The molecule has 1 unspecified atom stereocenters. The topological polar surface area (TPSA) is 33.1 Å². The number of nitrogens with zero attached hydrogens (tertiary/aromatic N) is 1. The van der Waals surface area contributed by atoms with Gasteiger partial charge < -0.3 is 5.11 Å². The van der Waals surface area contributed by atoms with Crippen LogP contribution in [0.2, 0.25) is 0 Å². The molecule has 2 nitrogen and oxygen atoms in total. The summed E-state index contributed by atoms with van der Waals surface area (Å²) in [6.07, 6.45) is 0.835. The first-order valence-corrected chi connectivity index (χ1v) is 5.03. The number of pyridine rings is 1. The molecule has 2 aromatic rings. The molecule has 0 radical (unpaired) electrons. The molecule has 0 aliphatic carbocycles. The molecule has 1 aromatic carbocycles. The summed E-state index contributed by atoms with van der Waals surface area (Å²) < 4.78 is 13.0. The van der Waals surface area contributed by atoms with Gasteiger partial charge in [0.2, 0.25) is 0 Å². The highest BCUT2D eigenvalue weighted by Gasteiger charge is 2.13. The summed E-state index contributed by atoms with van der Waals surface area (Å²) in [5.74, 6) is -0.349. The van der Waals surface area contributed by atoms with Gasteiger partial charge in [-0.2, -0.15) is 0 Å². The van der Waals surface area contributed by atoms with Gasteiger partial charge in [-0.25, -0.2) is 4.39 Å². The SMILES string of the molecule is Cc1ncccc1C(O)c1cccc(F)c1. The van der Waals surface area contributed by atoms with Crippen LogP contribution in [0.5, 0.6) is 0 Å². The highest BCUT2D eigenvalue weighted by atomic mass is 19.1. The minimum Gasteiger partial charge on any atom is -0.384 e. The second kappa shape index (κ2) is 4.41. The van der Waals surface area contributed by atoms with E-state index in [-0.39, 0.29) is 5.82 Å². The molecule has 1 aromatic heterocycles. The van der Waals surface area contributed by atoms with Crippen LogP contribution in [0, 0.1) is 12.7 Å². The Labute approximate surface area is 93.4 Å². The van der Waals surface area contributed by atoms with Crippen LogP contribution in [0.25, 0.3) is 0 Å². The summed E-state index contributed by atoms with van der Waals surface area (Å²) in [6, 6.07) is 9.51. The lowest BCUT2D eigenvalue weighted by Crippen LogP contribution is -2.03. The third-order valence-electron chi connectivity index (χ3n) is 2.51. The van der Waals surface area contributed by atoms with Crippen molar-refractivity contribution in [2.45, 2.75) is 13.0 Å². The second-order valence-corrected chi connectivity index (χ2v) is 3.64. The molecule has 0 spiro atoms. The highest BCUT2D eigenvalue weighted by molar-refractivity contribution is 5.31. The van der Waals surface area contributed by atoms with E-state index in [9.17, 15) is 9.50 Å². The maximum Gasteiger partial charge on any atom is 0.123 e. The van der Waals surface area contributed by atoms with E-state index in [1.807, 2.05) is 6.92 Å². The highest BCUT2D eigenvalue weighted by Crippen LogP contribution is 2.23. The minimum absolute atomic E-state index is 0.349. The van der Waals surface area contributed by atoms with Crippen LogP contribution in [-0.4, -0.2) is 10.1 Å². The molecule has 3 heteroatoms. The number of aryl methyl sites for hydroxylation is 1. The van der Waals surface area contributed by atoms with Crippen molar-refractivity contribution in [3.05, 3.63) is 65.2 Å². The van der Waals surface area contributed by atoms with E-state index in [0.29, 0.717) is 11.1 Å². The van der Waals surface area contributed by atoms with E-state index in [0.717, 1.165) is 5.69 Å². The molecule has 0 fully saturated rings. The molecule has 1 N–H and O–H groups in total. The Balaban J connectivity index is 2.39. The van der Waals surface area contributed by atoms with Crippen LogP contribution in [-0.2, 0) is 0 Å². The minimum atomic E-state index is -0.829. The lowest BCUT2D eigenvalue weighted by atomic mass is 10.0. The van der Waals surface area contributed by atoms with Gasteiger partial charge >= 0.3 is 0 Å². The first-order chi connectivity index (χ1) is 7.68. The van der Waals surface area contributed by atoms with Gasteiger partial charge in [0, 0.05) is 17.5 Å². The van der Waals surface area contributed by atoms with E-state index < -0.39 is 6.10 Å². The summed E-state index contributed by atoms with van der Waals surface area (Å²) in [5, 5.41) is 10.1. The standard InChI is InChI=1S/C13H12FNO/c1-9-12(6-3-7-15-9)13(16)10-4-2-5-11(14)8-10/h2-8,13,16H,1H3. The zero-order valence-electron chi connectivity index (χ0n) is 8.89. The van der Waals surface area contributed by atoms with E-state index in [4.69, 9.17) is 0 Å². The van der Waals surface area contributed by atoms with Crippen LogP contribution < -0.4 is 0 Å². The fraction of sp³-hybridized carbons (Fsp3) is 0.154.